The van der Waals surface area contributed by atoms with Crippen LogP contribution in [0.5, 0.6) is 0 Å². The van der Waals surface area contributed by atoms with Crippen molar-refractivity contribution < 1.29 is 4.39 Å². The summed E-state index contributed by atoms with van der Waals surface area (Å²) in [5.74, 6) is -0.0475. The minimum Gasteiger partial charge on any atom is -0.379 e. The molecule has 3 N–H and O–H groups in total. The maximum absolute atomic E-state index is 12.9. The smallest absolute Gasteiger partial charge is 0.151 e. The van der Waals surface area contributed by atoms with Crippen LogP contribution in [0, 0.1) is 22.6 Å². The Bertz CT molecular complexity index is 398. The summed E-state index contributed by atoms with van der Waals surface area (Å²) in [6, 6.07) is 6.04. The quantitative estimate of drug-likeness (QED) is 0.576. The van der Waals surface area contributed by atoms with E-state index in [1.165, 1.54) is 12.1 Å². The first-order valence-corrected chi connectivity index (χ1v) is 4.77. The van der Waals surface area contributed by atoms with Crippen LogP contribution >= 0.6 is 11.8 Å². The first kappa shape index (κ1) is 10.5. The van der Waals surface area contributed by atoms with Crippen LogP contribution in [0.15, 0.2) is 18.2 Å². The lowest BCUT2D eigenvalue weighted by Crippen LogP contribution is -2.03. The molecule has 0 atom stereocenters. The molecule has 0 unspecified atom stereocenters. The highest BCUT2D eigenvalue weighted by atomic mass is 32.2. The van der Waals surface area contributed by atoms with Gasteiger partial charge in [-0.15, -0.1) is 0 Å². The van der Waals surface area contributed by atoms with Crippen LogP contribution in [0.1, 0.15) is 11.1 Å². The second kappa shape index (κ2) is 4.63. The van der Waals surface area contributed by atoms with Gasteiger partial charge in [0.25, 0.3) is 0 Å². The fourth-order valence-corrected chi connectivity index (χ4v) is 1.41. The molecular weight excluding hydrogens is 201 g/mol. The van der Waals surface area contributed by atoms with E-state index in [-0.39, 0.29) is 10.7 Å². The molecule has 0 heterocycles. The van der Waals surface area contributed by atoms with E-state index in [0.717, 1.165) is 17.3 Å². The highest BCUT2D eigenvalue weighted by Crippen LogP contribution is 2.15. The fourth-order valence-electron chi connectivity index (χ4n) is 0.909. The average molecular weight is 209 g/mol. The van der Waals surface area contributed by atoms with E-state index >= 15 is 0 Å². The van der Waals surface area contributed by atoms with Crippen LogP contribution in [0.4, 0.5) is 4.39 Å². The Labute approximate surface area is 85.2 Å². The van der Waals surface area contributed by atoms with E-state index in [0.29, 0.717) is 5.75 Å². The SMILES string of the molecule is N#Cc1cc(CSC(=N)N)ccc1F. The number of nitrogens with two attached hydrogens (primary N) is 1. The zero-order valence-corrected chi connectivity index (χ0v) is 8.07. The van der Waals surface area contributed by atoms with E-state index in [4.69, 9.17) is 16.4 Å². The van der Waals surface area contributed by atoms with Gasteiger partial charge in [-0.2, -0.15) is 5.26 Å². The van der Waals surface area contributed by atoms with Crippen molar-refractivity contribution in [2.24, 2.45) is 5.73 Å². The Balaban J connectivity index is 2.80. The molecule has 14 heavy (non-hydrogen) atoms. The van der Waals surface area contributed by atoms with Gasteiger partial charge < -0.3 is 5.73 Å². The zero-order chi connectivity index (χ0) is 10.6. The van der Waals surface area contributed by atoms with Gasteiger partial charge in [-0.05, 0) is 17.7 Å². The zero-order valence-electron chi connectivity index (χ0n) is 7.25. The second-order valence-electron chi connectivity index (χ2n) is 2.58. The summed E-state index contributed by atoms with van der Waals surface area (Å²) in [5, 5.41) is 15.5. The largest absolute Gasteiger partial charge is 0.379 e. The number of thioether (sulfide) groups is 1. The highest BCUT2D eigenvalue weighted by molar-refractivity contribution is 8.13. The number of nitrogens with zero attached hydrogens (tertiary/aromatic N) is 1. The van der Waals surface area contributed by atoms with Crippen LogP contribution in [0.3, 0.4) is 0 Å². The summed E-state index contributed by atoms with van der Waals surface area (Å²) in [5.41, 5.74) is 5.95. The molecule has 1 rings (SSSR count). The summed E-state index contributed by atoms with van der Waals surface area (Å²) in [6.07, 6.45) is 0. The third-order valence-corrected chi connectivity index (χ3v) is 2.33. The monoisotopic (exact) mass is 209 g/mol. The molecule has 0 aliphatic carbocycles. The Morgan fingerprint density at radius 3 is 2.93 bits per heavy atom. The molecule has 0 saturated carbocycles. The van der Waals surface area contributed by atoms with Crippen molar-refractivity contribution in [3.8, 4) is 6.07 Å². The first-order chi connectivity index (χ1) is 6.63. The normalized spacial score (nSPS) is 9.43. The van der Waals surface area contributed by atoms with Crippen molar-refractivity contribution in [2.45, 2.75) is 5.75 Å². The molecule has 3 nitrogen and oxygen atoms in total. The van der Waals surface area contributed by atoms with Gasteiger partial charge in [0.2, 0.25) is 0 Å². The minimum atomic E-state index is -0.524. The molecule has 5 heteroatoms. The molecule has 0 fully saturated rings. The number of rotatable bonds is 2. The number of halogens is 1. The van der Waals surface area contributed by atoms with Gasteiger partial charge in [-0.25, -0.2) is 4.39 Å². The van der Waals surface area contributed by atoms with E-state index in [9.17, 15) is 4.39 Å². The molecular formula is C9H8FN3S. The first-order valence-electron chi connectivity index (χ1n) is 3.79. The molecule has 0 radical (unpaired) electrons. The van der Waals surface area contributed by atoms with Crippen molar-refractivity contribution in [1.82, 2.24) is 0 Å². The summed E-state index contributed by atoms with van der Waals surface area (Å²) in [6.45, 7) is 0. The number of hydrogen-bond acceptors (Lipinski definition) is 3. The van der Waals surface area contributed by atoms with Gasteiger partial charge in [0.15, 0.2) is 5.17 Å². The molecule has 0 spiro atoms. The topological polar surface area (TPSA) is 73.7 Å². The summed E-state index contributed by atoms with van der Waals surface area (Å²) >= 11 is 1.14. The van der Waals surface area contributed by atoms with E-state index in [2.05, 4.69) is 0 Å². The van der Waals surface area contributed by atoms with Crippen molar-refractivity contribution in [3.05, 3.63) is 35.1 Å². The van der Waals surface area contributed by atoms with Crippen molar-refractivity contribution in [2.75, 3.05) is 0 Å². The van der Waals surface area contributed by atoms with Gasteiger partial charge in [0.1, 0.15) is 11.9 Å². The van der Waals surface area contributed by atoms with Gasteiger partial charge in [-0.1, -0.05) is 17.8 Å². The van der Waals surface area contributed by atoms with Crippen LogP contribution in [-0.4, -0.2) is 5.17 Å². The van der Waals surface area contributed by atoms with Gasteiger partial charge in [-0.3, -0.25) is 5.41 Å². The van der Waals surface area contributed by atoms with Crippen molar-refractivity contribution in [1.29, 1.82) is 10.7 Å². The number of hydrogen-bond donors (Lipinski definition) is 2. The molecule has 72 valence electrons. The summed E-state index contributed by atoms with van der Waals surface area (Å²) < 4.78 is 12.9. The van der Waals surface area contributed by atoms with E-state index < -0.39 is 5.82 Å². The molecule has 0 aromatic heterocycles. The third-order valence-electron chi connectivity index (χ3n) is 1.55. The van der Waals surface area contributed by atoms with Gasteiger partial charge in [0.05, 0.1) is 5.56 Å². The van der Waals surface area contributed by atoms with Crippen molar-refractivity contribution in [3.63, 3.8) is 0 Å². The Morgan fingerprint density at radius 2 is 2.36 bits per heavy atom. The van der Waals surface area contributed by atoms with E-state index in [1.807, 2.05) is 0 Å². The molecule has 0 amide bonds. The predicted molar refractivity (Wildman–Crippen MR) is 54.3 cm³/mol. The Hall–Kier alpha value is -1.54. The van der Waals surface area contributed by atoms with Gasteiger partial charge >= 0.3 is 0 Å². The lowest BCUT2D eigenvalue weighted by molar-refractivity contribution is 0.623. The molecule has 1 aromatic rings. The third kappa shape index (κ3) is 2.75. The summed E-state index contributed by atoms with van der Waals surface area (Å²) in [4.78, 5) is 0. The molecule has 0 aliphatic heterocycles. The van der Waals surface area contributed by atoms with Crippen molar-refractivity contribution >= 4 is 16.9 Å². The number of amidine groups is 1. The Kier molecular flexibility index (Phi) is 3.48. The number of nitriles is 1. The molecule has 0 bridgehead atoms. The summed E-state index contributed by atoms with van der Waals surface area (Å²) in [7, 11) is 0. The van der Waals surface area contributed by atoms with E-state index in [1.54, 1.807) is 12.1 Å². The maximum atomic E-state index is 12.9. The molecule has 0 aliphatic rings. The van der Waals surface area contributed by atoms with Crippen LogP contribution in [0.2, 0.25) is 0 Å². The fraction of sp³-hybridized carbons (Fsp3) is 0.111. The minimum absolute atomic E-state index is 0.00725. The average Bonchev–Trinajstić information content (AvgIpc) is 2.16. The second-order valence-corrected chi connectivity index (χ2v) is 3.60. The number of nitrogens with one attached hydrogen (secondary N) is 1. The van der Waals surface area contributed by atoms with Gasteiger partial charge in [0, 0.05) is 5.75 Å². The Morgan fingerprint density at radius 1 is 1.64 bits per heavy atom. The van der Waals surface area contributed by atoms with Crippen LogP contribution < -0.4 is 5.73 Å². The van der Waals surface area contributed by atoms with Crippen LogP contribution in [-0.2, 0) is 5.75 Å². The molecule has 0 saturated heterocycles. The highest BCUT2D eigenvalue weighted by Gasteiger charge is 2.02. The van der Waals surface area contributed by atoms with Crippen LogP contribution in [0.25, 0.3) is 0 Å². The lowest BCUT2D eigenvalue weighted by atomic mass is 10.1. The maximum Gasteiger partial charge on any atom is 0.151 e. The predicted octanol–water partition coefficient (Wildman–Crippen LogP) is 1.82. The lowest BCUT2D eigenvalue weighted by Gasteiger charge is -2.00. The number of benzene rings is 1. The molecule has 1 aromatic carbocycles. The standard InChI is InChI=1S/C9H8FN3S/c10-8-2-1-6(3-7(8)4-11)5-14-9(12)13/h1-3H,5H2,(H3,12,13).